The van der Waals surface area contributed by atoms with Crippen molar-refractivity contribution in [2.24, 2.45) is 0 Å². The molecule has 0 amide bonds. The zero-order valence-electron chi connectivity index (χ0n) is 11.4. The lowest BCUT2D eigenvalue weighted by Gasteiger charge is -2.25. The molecule has 0 aliphatic heterocycles. The van der Waals surface area contributed by atoms with Gasteiger partial charge in [0.15, 0.2) is 0 Å². The van der Waals surface area contributed by atoms with E-state index in [1.165, 1.54) is 0 Å². The molecule has 102 valence electrons. The number of alkyl halides is 1. The summed E-state index contributed by atoms with van der Waals surface area (Å²) in [5.41, 5.74) is 0. The Morgan fingerprint density at radius 3 is 2.22 bits per heavy atom. The van der Waals surface area contributed by atoms with Crippen molar-refractivity contribution in [3.63, 3.8) is 0 Å². The first kappa shape index (κ1) is 15.1. The second kappa shape index (κ2) is 8.22. The Bertz CT molecular complexity index is 327. The van der Waals surface area contributed by atoms with E-state index in [4.69, 9.17) is 21.1 Å². The van der Waals surface area contributed by atoms with E-state index in [1.807, 2.05) is 24.3 Å². The molecule has 0 heterocycles. The van der Waals surface area contributed by atoms with Crippen LogP contribution in [-0.4, -0.2) is 43.6 Å². The van der Waals surface area contributed by atoms with E-state index in [1.54, 1.807) is 7.11 Å². The summed E-state index contributed by atoms with van der Waals surface area (Å²) in [6.07, 6.45) is 0. The molecule has 0 aromatic heterocycles. The molecule has 0 atom stereocenters. The molecule has 0 fully saturated rings. The van der Waals surface area contributed by atoms with Gasteiger partial charge in [0.2, 0.25) is 0 Å². The quantitative estimate of drug-likeness (QED) is 0.679. The van der Waals surface area contributed by atoms with Crippen LogP contribution >= 0.6 is 11.6 Å². The van der Waals surface area contributed by atoms with Crippen LogP contribution in [-0.2, 0) is 0 Å². The largest absolute Gasteiger partial charge is 0.497 e. The highest BCUT2D eigenvalue weighted by Gasteiger charge is 2.08. The Morgan fingerprint density at radius 1 is 1.11 bits per heavy atom. The van der Waals surface area contributed by atoms with Gasteiger partial charge >= 0.3 is 0 Å². The molecule has 1 aromatic rings. The maximum Gasteiger partial charge on any atom is 0.119 e. The van der Waals surface area contributed by atoms with Crippen LogP contribution in [0.15, 0.2) is 24.3 Å². The standard InChI is InChI=1S/C14H22ClNO2/c1-12(2)16(9-8-15)10-11-18-14-6-4-13(17-3)5-7-14/h4-7,12H,8-11H2,1-3H3. The normalized spacial score (nSPS) is 11.0. The van der Waals surface area contributed by atoms with Gasteiger partial charge in [-0.3, -0.25) is 4.90 Å². The van der Waals surface area contributed by atoms with Gasteiger partial charge < -0.3 is 9.47 Å². The summed E-state index contributed by atoms with van der Waals surface area (Å²) in [6.45, 7) is 6.78. The molecule has 0 bridgehead atoms. The Balaban J connectivity index is 2.35. The van der Waals surface area contributed by atoms with E-state index in [0.717, 1.165) is 24.6 Å². The Kier molecular flexibility index (Phi) is 6.91. The van der Waals surface area contributed by atoms with Gasteiger partial charge in [0.1, 0.15) is 18.1 Å². The van der Waals surface area contributed by atoms with Crippen molar-refractivity contribution in [3.8, 4) is 11.5 Å². The number of nitrogens with zero attached hydrogens (tertiary/aromatic N) is 1. The summed E-state index contributed by atoms with van der Waals surface area (Å²) < 4.78 is 10.8. The van der Waals surface area contributed by atoms with Gasteiger partial charge in [0.25, 0.3) is 0 Å². The number of halogens is 1. The van der Waals surface area contributed by atoms with E-state index in [0.29, 0.717) is 18.5 Å². The molecule has 3 nitrogen and oxygen atoms in total. The molecule has 0 N–H and O–H groups in total. The average molecular weight is 272 g/mol. The molecule has 0 unspecified atom stereocenters. The Hall–Kier alpha value is -0.930. The fraction of sp³-hybridized carbons (Fsp3) is 0.571. The second-order valence-electron chi connectivity index (χ2n) is 4.34. The minimum Gasteiger partial charge on any atom is -0.497 e. The number of ether oxygens (including phenoxy) is 2. The molecular weight excluding hydrogens is 250 g/mol. The minimum absolute atomic E-state index is 0.489. The van der Waals surface area contributed by atoms with Gasteiger partial charge in [0, 0.05) is 25.0 Å². The lowest BCUT2D eigenvalue weighted by molar-refractivity contribution is 0.184. The number of rotatable bonds is 8. The molecule has 18 heavy (non-hydrogen) atoms. The lowest BCUT2D eigenvalue weighted by Crippen LogP contribution is -2.36. The van der Waals surface area contributed by atoms with Crippen molar-refractivity contribution in [1.82, 2.24) is 4.90 Å². The molecule has 1 rings (SSSR count). The van der Waals surface area contributed by atoms with Gasteiger partial charge in [-0.25, -0.2) is 0 Å². The van der Waals surface area contributed by atoms with Gasteiger partial charge in [-0.1, -0.05) is 0 Å². The van der Waals surface area contributed by atoms with E-state index in [-0.39, 0.29) is 0 Å². The van der Waals surface area contributed by atoms with E-state index in [9.17, 15) is 0 Å². The predicted octanol–water partition coefficient (Wildman–Crippen LogP) is 3.02. The molecule has 0 saturated carbocycles. The zero-order chi connectivity index (χ0) is 13.4. The smallest absolute Gasteiger partial charge is 0.119 e. The third kappa shape index (κ3) is 5.15. The van der Waals surface area contributed by atoms with Crippen molar-refractivity contribution < 1.29 is 9.47 Å². The highest BCUT2D eigenvalue weighted by atomic mass is 35.5. The maximum atomic E-state index is 5.77. The van der Waals surface area contributed by atoms with Gasteiger partial charge in [-0.05, 0) is 38.1 Å². The molecule has 1 aromatic carbocycles. The van der Waals surface area contributed by atoms with Gasteiger partial charge in [-0.15, -0.1) is 11.6 Å². The van der Waals surface area contributed by atoms with Crippen LogP contribution in [0.1, 0.15) is 13.8 Å². The van der Waals surface area contributed by atoms with Crippen molar-refractivity contribution in [2.75, 3.05) is 32.7 Å². The second-order valence-corrected chi connectivity index (χ2v) is 4.72. The minimum atomic E-state index is 0.489. The summed E-state index contributed by atoms with van der Waals surface area (Å²) in [5.74, 6) is 2.36. The van der Waals surface area contributed by atoms with Crippen LogP contribution in [0.2, 0.25) is 0 Å². The Morgan fingerprint density at radius 2 is 1.72 bits per heavy atom. The lowest BCUT2D eigenvalue weighted by atomic mass is 10.3. The third-order valence-electron chi connectivity index (χ3n) is 2.81. The van der Waals surface area contributed by atoms with Crippen LogP contribution in [0.25, 0.3) is 0 Å². The van der Waals surface area contributed by atoms with E-state index in [2.05, 4.69) is 18.7 Å². The number of hydrogen-bond acceptors (Lipinski definition) is 3. The zero-order valence-corrected chi connectivity index (χ0v) is 12.1. The van der Waals surface area contributed by atoms with E-state index >= 15 is 0 Å². The summed E-state index contributed by atoms with van der Waals surface area (Å²) in [6, 6.07) is 8.12. The number of benzene rings is 1. The van der Waals surface area contributed by atoms with Crippen molar-refractivity contribution in [1.29, 1.82) is 0 Å². The van der Waals surface area contributed by atoms with Crippen LogP contribution < -0.4 is 9.47 Å². The van der Waals surface area contributed by atoms with Crippen LogP contribution in [0.4, 0.5) is 0 Å². The van der Waals surface area contributed by atoms with Crippen LogP contribution in [0.5, 0.6) is 11.5 Å². The van der Waals surface area contributed by atoms with Crippen LogP contribution in [0, 0.1) is 0 Å². The first-order chi connectivity index (χ1) is 8.67. The first-order valence-corrected chi connectivity index (χ1v) is 6.77. The predicted molar refractivity (Wildman–Crippen MR) is 75.9 cm³/mol. The summed E-state index contributed by atoms with van der Waals surface area (Å²) >= 11 is 5.77. The summed E-state index contributed by atoms with van der Waals surface area (Å²) in [4.78, 5) is 2.30. The van der Waals surface area contributed by atoms with Crippen molar-refractivity contribution in [3.05, 3.63) is 24.3 Å². The van der Waals surface area contributed by atoms with Gasteiger partial charge in [0.05, 0.1) is 7.11 Å². The fourth-order valence-corrected chi connectivity index (χ4v) is 1.91. The molecule has 0 radical (unpaired) electrons. The summed E-state index contributed by atoms with van der Waals surface area (Å²) in [5, 5.41) is 0. The molecule has 0 aliphatic rings. The highest BCUT2D eigenvalue weighted by molar-refractivity contribution is 6.18. The average Bonchev–Trinajstić information content (AvgIpc) is 2.38. The van der Waals surface area contributed by atoms with Crippen LogP contribution in [0.3, 0.4) is 0 Å². The third-order valence-corrected chi connectivity index (χ3v) is 2.98. The molecule has 0 saturated heterocycles. The molecular formula is C14H22ClNO2. The van der Waals surface area contributed by atoms with Crippen molar-refractivity contribution in [2.45, 2.75) is 19.9 Å². The highest BCUT2D eigenvalue weighted by Crippen LogP contribution is 2.16. The molecule has 0 spiro atoms. The SMILES string of the molecule is COc1ccc(OCCN(CCCl)C(C)C)cc1. The molecule has 0 aliphatic carbocycles. The number of methoxy groups -OCH3 is 1. The van der Waals surface area contributed by atoms with Gasteiger partial charge in [-0.2, -0.15) is 0 Å². The first-order valence-electron chi connectivity index (χ1n) is 6.24. The fourth-order valence-electron chi connectivity index (χ4n) is 1.69. The number of hydrogen-bond donors (Lipinski definition) is 0. The monoisotopic (exact) mass is 271 g/mol. The summed E-state index contributed by atoms with van der Waals surface area (Å²) in [7, 11) is 1.66. The molecule has 4 heteroatoms. The van der Waals surface area contributed by atoms with E-state index < -0.39 is 0 Å². The van der Waals surface area contributed by atoms with Crippen molar-refractivity contribution >= 4 is 11.6 Å². The topological polar surface area (TPSA) is 21.7 Å². The maximum absolute atomic E-state index is 5.77. The Labute approximate surface area is 115 Å².